The maximum Gasteiger partial charge on any atom is 0.340 e. The fraction of sp³-hybridized carbons (Fsp3) is 0.273. The molecule has 7 heteroatoms. The number of rotatable bonds is 5. The lowest BCUT2D eigenvalue weighted by Gasteiger charge is -2.13. The van der Waals surface area contributed by atoms with Crippen molar-refractivity contribution in [3.05, 3.63) is 57.5 Å². The van der Waals surface area contributed by atoms with Gasteiger partial charge in [0.2, 0.25) is 0 Å². The van der Waals surface area contributed by atoms with Crippen molar-refractivity contribution in [2.75, 3.05) is 19.6 Å². The van der Waals surface area contributed by atoms with E-state index in [4.69, 9.17) is 11.6 Å². The molecule has 0 saturated heterocycles. The third-order valence-electron chi connectivity index (χ3n) is 4.59. The minimum absolute atomic E-state index is 0.170. The van der Waals surface area contributed by atoms with Gasteiger partial charge in [0.15, 0.2) is 5.75 Å². The molecule has 29 heavy (non-hydrogen) atoms. The second-order valence-corrected chi connectivity index (χ2v) is 7.63. The van der Waals surface area contributed by atoms with Gasteiger partial charge in [0.05, 0.1) is 5.52 Å². The SMILES string of the molecule is CCN(CC)CC.O=C(O)c1c(O)c(-c2ccc(Cl)cc2)nc2ccc(Br)cc12. The second kappa shape index (κ2) is 10.6. The number of carbonyl (C=O) groups is 1. The number of pyridine rings is 1. The number of halogens is 2. The molecule has 0 atom stereocenters. The predicted octanol–water partition coefficient (Wildman–Crippen LogP) is 6.07. The van der Waals surface area contributed by atoms with Crippen molar-refractivity contribution in [3.63, 3.8) is 0 Å². The van der Waals surface area contributed by atoms with E-state index >= 15 is 0 Å². The molecule has 0 spiro atoms. The number of hydrogen-bond donors (Lipinski definition) is 2. The molecule has 0 bridgehead atoms. The Balaban J connectivity index is 0.000000370. The van der Waals surface area contributed by atoms with Crippen LogP contribution in [-0.2, 0) is 0 Å². The molecule has 0 fully saturated rings. The number of nitrogens with zero attached hydrogens (tertiary/aromatic N) is 2. The summed E-state index contributed by atoms with van der Waals surface area (Å²) in [6, 6.07) is 11.8. The first-order valence-corrected chi connectivity index (χ1v) is 10.5. The lowest BCUT2D eigenvalue weighted by molar-refractivity contribution is 0.0696. The van der Waals surface area contributed by atoms with Crippen LogP contribution < -0.4 is 0 Å². The summed E-state index contributed by atoms with van der Waals surface area (Å²) in [5.74, 6) is -1.57. The molecule has 0 radical (unpaired) electrons. The van der Waals surface area contributed by atoms with Gasteiger partial charge in [-0.1, -0.05) is 60.4 Å². The molecular formula is C22H24BrClN2O3. The van der Waals surface area contributed by atoms with E-state index in [-0.39, 0.29) is 17.0 Å². The van der Waals surface area contributed by atoms with Crippen LogP contribution in [0.1, 0.15) is 31.1 Å². The molecule has 1 heterocycles. The van der Waals surface area contributed by atoms with Gasteiger partial charge in [-0.15, -0.1) is 0 Å². The Morgan fingerprint density at radius 2 is 1.66 bits per heavy atom. The van der Waals surface area contributed by atoms with Crippen LogP contribution in [0.15, 0.2) is 46.9 Å². The Hall–Kier alpha value is -2.15. The number of fused-ring (bicyclic) bond motifs is 1. The van der Waals surface area contributed by atoms with Crippen molar-refractivity contribution >= 4 is 44.4 Å². The smallest absolute Gasteiger partial charge is 0.340 e. The zero-order valence-corrected chi connectivity index (χ0v) is 19.0. The lowest BCUT2D eigenvalue weighted by atomic mass is 10.0. The normalized spacial score (nSPS) is 10.7. The Morgan fingerprint density at radius 3 is 2.14 bits per heavy atom. The fourth-order valence-electron chi connectivity index (χ4n) is 2.92. The average Bonchev–Trinajstić information content (AvgIpc) is 2.70. The van der Waals surface area contributed by atoms with Gasteiger partial charge in [-0.25, -0.2) is 9.78 Å². The van der Waals surface area contributed by atoms with Gasteiger partial charge >= 0.3 is 5.97 Å². The number of carboxylic acids is 1. The van der Waals surface area contributed by atoms with Crippen molar-refractivity contribution in [3.8, 4) is 17.0 Å². The molecule has 0 saturated carbocycles. The van der Waals surface area contributed by atoms with Crippen LogP contribution in [0.25, 0.3) is 22.2 Å². The van der Waals surface area contributed by atoms with E-state index in [9.17, 15) is 15.0 Å². The van der Waals surface area contributed by atoms with Crippen molar-refractivity contribution in [2.45, 2.75) is 20.8 Å². The van der Waals surface area contributed by atoms with E-state index < -0.39 is 5.97 Å². The standard InChI is InChI=1S/C16H9BrClNO3.C6H15N/c17-9-3-6-12-11(7-9)13(16(21)22)15(20)14(19-12)8-1-4-10(18)5-2-8;1-4-7(5-2)6-3/h1-7,20H,(H,21,22);4-6H2,1-3H3. The summed E-state index contributed by atoms with van der Waals surface area (Å²) in [5, 5.41) is 20.7. The first kappa shape index (κ1) is 23.1. The molecule has 0 unspecified atom stereocenters. The predicted molar refractivity (Wildman–Crippen MR) is 122 cm³/mol. The molecule has 154 valence electrons. The van der Waals surface area contributed by atoms with Gasteiger partial charge in [-0.2, -0.15) is 0 Å². The second-order valence-electron chi connectivity index (χ2n) is 6.28. The highest BCUT2D eigenvalue weighted by molar-refractivity contribution is 9.10. The molecule has 0 aliphatic carbocycles. The van der Waals surface area contributed by atoms with Crippen LogP contribution >= 0.6 is 27.5 Å². The quantitative estimate of drug-likeness (QED) is 0.464. The number of hydrogen-bond acceptors (Lipinski definition) is 4. The number of carboxylic acid groups (broad SMARTS) is 1. The van der Waals surface area contributed by atoms with Gasteiger partial charge in [0.25, 0.3) is 0 Å². The van der Waals surface area contributed by atoms with Gasteiger partial charge in [0.1, 0.15) is 11.3 Å². The summed E-state index contributed by atoms with van der Waals surface area (Å²) < 4.78 is 0.711. The van der Waals surface area contributed by atoms with Gasteiger partial charge < -0.3 is 15.1 Å². The lowest BCUT2D eigenvalue weighted by Crippen LogP contribution is -2.21. The molecule has 0 amide bonds. The van der Waals surface area contributed by atoms with E-state index in [2.05, 4.69) is 46.6 Å². The Bertz CT molecular complexity index is 984. The van der Waals surface area contributed by atoms with Crippen LogP contribution in [0, 0.1) is 0 Å². The summed E-state index contributed by atoms with van der Waals surface area (Å²) in [7, 11) is 0. The van der Waals surface area contributed by atoms with Crippen molar-refractivity contribution in [2.24, 2.45) is 0 Å². The highest BCUT2D eigenvalue weighted by Crippen LogP contribution is 2.36. The maximum atomic E-state index is 11.6. The summed E-state index contributed by atoms with van der Waals surface area (Å²) in [6.07, 6.45) is 0. The number of benzene rings is 2. The fourth-order valence-corrected chi connectivity index (χ4v) is 3.41. The zero-order valence-electron chi connectivity index (χ0n) is 16.6. The molecule has 0 aliphatic rings. The van der Waals surface area contributed by atoms with Gasteiger partial charge in [-0.3, -0.25) is 0 Å². The Morgan fingerprint density at radius 1 is 1.07 bits per heavy atom. The zero-order chi connectivity index (χ0) is 21.6. The van der Waals surface area contributed by atoms with Crippen LogP contribution in [0.4, 0.5) is 0 Å². The van der Waals surface area contributed by atoms with Gasteiger partial charge in [-0.05, 0) is 50.0 Å². The van der Waals surface area contributed by atoms with E-state index in [1.165, 1.54) is 19.6 Å². The van der Waals surface area contributed by atoms with Gasteiger partial charge in [0, 0.05) is 20.4 Å². The molecule has 2 aromatic carbocycles. The summed E-state index contributed by atoms with van der Waals surface area (Å²) >= 11 is 9.15. The minimum Gasteiger partial charge on any atom is -0.505 e. The molecule has 3 rings (SSSR count). The third-order valence-corrected chi connectivity index (χ3v) is 5.34. The summed E-state index contributed by atoms with van der Waals surface area (Å²) in [6.45, 7) is 10.1. The van der Waals surface area contributed by atoms with Crippen LogP contribution in [0.3, 0.4) is 0 Å². The van der Waals surface area contributed by atoms with Crippen molar-refractivity contribution in [1.82, 2.24) is 9.88 Å². The maximum absolute atomic E-state index is 11.6. The van der Waals surface area contributed by atoms with E-state index in [0.717, 1.165) is 0 Å². The minimum atomic E-state index is -1.21. The average molecular weight is 480 g/mol. The highest BCUT2D eigenvalue weighted by Gasteiger charge is 2.21. The van der Waals surface area contributed by atoms with E-state index in [0.29, 0.717) is 26.0 Å². The van der Waals surface area contributed by atoms with E-state index in [1.807, 2.05) is 0 Å². The summed E-state index contributed by atoms with van der Waals surface area (Å²) in [4.78, 5) is 18.3. The first-order chi connectivity index (χ1) is 13.8. The monoisotopic (exact) mass is 478 g/mol. The van der Waals surface area contributed by atoms with Crippen LogP contribution in [0.2, 0.25) is 5.02 Å². The number of aromatic hydroxyl groups is 1. The molecular weight excluding hydrogens is 456 g/mol. The summed E-state index contributed by atoms with van der Waals surface area (Å²) in [5.41, 5.74) is 1.12. The topological polar surface area (TPSA) is 73.7 Å². The number of aromatic carboxylic acids is 1. The highest BCUT2D eigenvalue weighted by atomic mass is 79.9. The van der Waals surface area contributed by atoms with Crippen molar-refractivity contribution in [1.29, 1.82) is 0 Å². The first-order valence-electron chi connectivity index (χ1n) is 9.36. The van der Waals surface area contributed by atoms with Crippen LogP contribution in [0.5, 0.6) is 5.75 Å². The molecule has 2 N–H and O–H groups in total. The molecule has 1 aromatic heterocycles. The van der Waals surface area contributed by atoms with Crippen LogP contribution in [-0.4, -0.2) is 45.7 Å². The molecule has 3 aromatic rings. The largest absolute Gasteiger partial charge is 0.505 e. The Labute approximate surface area is 184 Å². The van der Waals surface area contributed by atoms with E-state index in [1.54, 1.807) is 42.5 Å². The molecule has 5 nitrogen and oxygen atoms in total. The number of aromatic nitrogens is 1. The third kappa shape index (κ3) is 5.69. The van der Waals surface area contributed by atoms with Crippen molar-refractivity contribution < 1.29 is 15.0 Å². The Kier molecular flexibility index (Phi) is 8.44. The molecule has 0 aliphatic heterocycles.